The molecule has 1 rings (SSSR count). The summed E-state index contributed by atoms with van der Waals surface area (Å²) >= 11 is 5.93. The molecule has 23 heavy (non-hydrogen) atoms. The maximum absolute atomic E-state index is 11.5. The molecule has 3 amide bonds. The van der Waals surface area contributed by atoms with Crippen molar-refractivity contribution in [3.05, 3.63) is 40.9 Å². The Bertz CT molecular complexity index is 601. The van der Waals surface area contributed by atoms with Crippen molar-refractivity contribution >= 4 is 35.6 Å². The molecule has 0 radical (unpaired) electrons. The number of nitrogens with one attached hydrogen (secondary N) is 2. The third kappa shape index (κ3) is 7.46. The molecule has 0 bridgehead atoms. The number of hydrogen-bond acceptors (Lipinski definition) is 4. The van der Waals surface area contributed by atoms with Gasteiger partial charge in [-0.2, -0.15) is 0 Å². The van der Waals surface area contributed by atoms with E-state index in [0.717, 1.165) is 12.5 Å². The number of carbonyl (C=O) groups is 3. The fraction of sp³-hybridized carbons (Fsp3) is 0.312. The third-order valence-corrected chi connectivity index (χ3v) is 3.24. The van der Waals surface area contributed by atoms with Crippen LogP contribution in [0.5, 0.6) is 0 Å². The summed E-state index contributed by atoms with van der Waals surface area (Å²) in [6.45, 7) is 3.17. The second kappa shape index (κ2) is 9.63. The van der Waals surface area contributed by atoms with Gasteiger partial charge in [0.25, 0.3) is 5.91 Å². The largest absolute Gasteiger partial charge is 0.452 e. The highest BCUT2D eigenvalue weighted by atomic mass is 35.5. The predicted octanol–water partition coefficient (Wildman–Crippen LogP) is 2.52. The van der Waals surface area contributed by atoms with E-state index in [-0.39, 0.29) is 6.04 Å². The van der Waals surface area contributed by atoms with Gasteiger partial charge in [0.2, 0.25) is 0 Å². The van der Waals surface area contributed by atoms with Gasteiger partial charge in [0.05, 0.1) is 0 Å². The van der Waals surface area contributed by atoms with E-state index >= 15 is 0 Å². The van der Waals surface area contributed by atoms with Crippen LogP contribution >= 0.6 is 11.6 Å². The molecule has 2 N–H and O–H groups in total. The first-order chi connectivity index (χ1) is 10.9. The van der Waals surface area contributed by atoms with Crippen molar-refractivity contribution in [2.45, 2.75) is 26.3 Å². The topological polar surface area (TPSA) is 84.5 Å². The zero-order valence-electron chi connectivity index (χ0n) is 13.0. The van der Waals surface area contributed by atoms with Crippen LogP contribution < -0.4 is 10.6 Å². The van der Waals surface area contributed by atoms with Crippen molar-refractivity contribution in [3.63, 3.8) is 0 Å². The Morgan fingerprint density at radius 3 is 2.65 bits per heavy atom. The molecule has 0 fully saturated rings. The molecule has 1 atom stereocenters. The van der Waals surface area contributed by atoms with Crippen LogP contribution in [0.3, 0.4) is 0 Å². The summed E-state index contributed by atoms with van der Waals surface area (Å²) in [5, 5.41) is 5.13. The van der Waals surface area contributed by atoms with Crippen LogP contribution in [0.1, 0.15) is 25.8 Å². The number of benzene rings is 1. The number of urea groups is 1. The van der Waals surface area contributed by atoms with Gasteiger partial charge >= 0.3 is 12.0 Å². The molecule has 7 heteroatoms. The Kier molecular flexibility index (Phi) is 7.83. The lowest BCUT2D eigenvalue weighted by Crippen LogP contribution is -2.44. The van der Waals surface area contributed by atoms with Crippen molar-refractivity contribution in [1.29, 1.82) is 0 Å². The summed E-state index contributed by atoms with van der Waals surface area (Å²) in [6, 6.07) is 6.30. The Balaban J connectivity index is 2.37. The van der Waals surface area contributed by atoms with Crippen LogP contribution in [0.4, 0.5) is 4.79 Å². The maximum atomic E-state index is 11.5. The van der Waals surface area contributed by atoms with E-state index in [1.165, 1.54) is 6.08 Å². The van der Waals surface area contributed by atoms with Gasteiger partial charge in [0.15, 0.2) is 6.61 Å². The second-order valence-electron chi connectivity index (χ2n) is 4.79. The minimum absolute atomic E-state index is 0.0519. The Morgan fingerprint density at radius 1 is 1.30 bits per heavy atom. The highest BCUT2D eigenvalue weighted by Gasteiger charge is 2.11. The smallest absolute Gasteiger partial charge is 0.331 e. The lowest BCUT2D eigenvalue weighted by Gasteiger charge is -2.11. The molecule has 0 aliphatic carbocycles. The SMILES string of the molecule is CC[C@H](C)NC(=O)NC(=O)COC(=O)/C=C/c1ccccc1Cl. The number of hydrogen-bond donors (Lipinski definition) is 2. The fourth-order valence-electron chi connectivity index (χ4n) is 1.48. The van der Waals surface area contributed by atoms with Crippen LogP contribution in [-0.4, -0.2) is 30.6 Å². The van der Waals surface area contributed by atoms with E-state index < -0.39 is 24.5 Å². The predicted molar refractivity (Wildman–Crippen MR) is 87.9 cm³/mol. The van der Waals surface area contributed by atoms with Crippen molar-refractivity contribution in [3.8, 4) is 0 Å². The molecular weight excluding hydrogens is 320 g/mol. The lowest BCUT2D eigenvalue weighted by molar-refractivity contribution is -0.143. The monoisotopic (exact) mass is 338 g/mol. The molecule has 0 unspecified atom stereocenters. The number of carbonyl (C=O) groups excluding carboxylic acids is 3. The summed E-state index contributed by atoms with van der Waals surface area (Å²) in [5.74, 6) is -1.41. The van der Waals surface area contributed by atoms with Gasteiger partial charge in [-0.25, -0.2) is 9.59 Å². The minimum Gasteiger partial charge on any atom is -0.452 e. The van der Waals surface area contributed by atoms with E-state index in [0.29, 0.717) is 10.6 Å². The molecule has 1 aromatic rings. The van der Waals surface area contributed by atoms with Crippen LogP contribution in [0.25, 0.3) is 6.08 Å². The second-order valence-corrected chi connectivity index (χ2v) is 5.20. The molecule has 1 aromatic carbocycles. The number of amides is 3. The number of rotatable bonds is 6. The standard InChI is InChI=1S/C16H19ClN2O4/c1-3-11(2)18-16(22)19-14(20)10-23-15(21)9-8-12-6-4-5-7-13(12)17/h4-9,11H,3,10H2,1-2H3,(H2,18,19,20,22)/b9-8+/t11-/m0/s1. The minimum atomic E-state index is -0.706. The van der Waals surface area contributed by atoms with Crippen molar-refractivity contribution in [1.82, 2.24) is 10.6 Å². The van der Waals surface area contributed by atoms with Crippen molar-refractivity contribution in [2.24, 2.45) is 0 Å². The zero-order valence-corrected chi connectivity index (χ0v) is 13.7. The quantitative estimate of drug-likeness (QED) is 0.616. The average molecular weight is 339 g/mol. The third-order valence-electron chi connectivity index (χ3n) is 2.89. The summed E-state index contributed by atoms with van der Waals surface area (Å²) in [4.78, 5) is 34.4. The molecule has 0 spiro atoms. The van der Waals surface area contributed by atoms with E-state index in [4.69, 9.17) is 16.3 Å². The van der Waals surface area contributed by atoms with Crippen LogP contribution in [0.15, 0.2) is 30.3 Å². The first kappa shape index (κ1) is 18.7. The maximum Gasteiger partial charge on any atom is 0.331 e. The van der Waals surface area contributed by atoms with Crippen LogP contribution in [0, 0.1) is 0 Å². The lowest BCUT2D eigenvalue weighted by atomic mass is 10.2. The summed E-state index contributed by atoms with van der Waals surface area (Å²) in [5.41, 5.74) is 0.656. The van der Waals surface area contributed by atoms with Gasteiger partial charge < -0.3 is 10.1 Å². The summed E-state index contributed by atoms with van der Waals surface area (Å²) in [6.07, 6.45) is 3.38. The normalized spacial score (nSPS) is 11.8. The number of ether oxygens (including phenoxy) is 1. The van der Waals surface area contributed by atoms with Crippen molar-refractivity contribution < 1.29 is 19.1 Å². The van der Waals surface area contributed by atoms with Gasteiger partial charge in [0, 0.05) is 17.1 Å². The zero-order chi connectivity index (χ0) is 17.2. The average Bonchev–Trinajstić information content (AvgIpc) is 2.51. The Hall–Kier alpha value is -2.34. The van der Waals surface area contributed by atoms with Gasteiger partial charge in [0.1, 0.15) is 0 Å². The Morgan fingerprint density at radius 2 is 2.00 bits per heavy atom. The first-order valence-corrected chi connectivity index (χ1v) is 7.50. The Labute approximate surface area is 139 Å². The molecule has 6 nitrogen and oxygen atoms in total. The van der Waals surface area contributed by atoms with E-state index in [1.807, 2.05) is 13.8 Å². The first-order valence-electron chi connectivity index (χ1n) is 7.12. The van der Waals surface area contributed by atoms with E-state index in [9.17, 15) is 14.4 Å². The number of esters is 1. The van der Waals surface area contributed by atoms with Crippen LogP contribution in [0.2, 0.25) is 5.02 Å². The van der Waals surface area contributed by atoms with Crippen molar-refractivity contribution in [2.75, 3.05) is 6.61 Å². The summed E-state index contributed by atoms with van der Waals surface area (Å²) in [7, 11) is 0. The van der Waals surface area contributed by atoms with Gasteiger partial charge in [-0.1, -0.05) is 36.7 Å². The highest BCUT2D eigenvalue weighted by molar-refractivity contribution is 6.32. The molecule has 0 aliphatic rings. The van der Waals surface area contributed by atoms with Gasteiger partial charge in [-0.15, -0.1) is 0 Å². The van der Waals surface area contributed by atoms with Gasteiger partial charge in [-0.3, -0.25) is 10.1 Å². The molecule has 0 aromatic heterocycles. The fourth-order valence-corrected chi connectivity index (χ4v) is 1.68. The highest BCUT2D eigenvalue weighted by Crippen LogP contribution is 2.16. The van der Waals surface area contributed by atoms with Crippen LogP contribution in [-0.2, 0) is 14.3 Å². The molecule has 0 aliphatic heterocycles. The molecular formula is C16H19ClN2O4. The molecule has 124 valence electrons. The number of halogens is 1. The van der Waals surface area contributed by atoms with E-state index in [1.54, 1.807) is 24.3 Å². The molecule has 0 saturated carbocycles. The van der Waals surface area contributed by atoms with E-state index in [2.05, 4.69) is 10.6 Å². The number of imide groups is 1. The summed E-state index contributed by atoms with van der Waals surface area (Å²) < 4.78 is 4.74. The van der Waals surface area contributed by atoms with Gasteiger partial charge in [-0.05, 0) is 31.1 Å². The molecule has 0 saturated heterocycles. The molecule has 0 heterocycles.